The minimum absolute atomic E-state index is 0.388. The summed E-state index contributed by atoms with van der Waals surface area (Å²) in [7, 11) is 0. The Morgan fingerprint density at radius 1 is 0.929 bits per heavy atom. The van der Waals surface area contributed by atoms with Crippen LogP contribution in [0.1, 0.15) is 17.5 Å². The number of nitrogens with zero attached hydrogens (tertiary/aromatic N) is 3. The topological polar surface area (TPSA) is 75.7 Å². The number of H-pyrrole nitrogens is 1. The molecule has 2 aromatic heterocycles. The Morgan fingerprint density at radius 2 is 1.79 bits per heavy atom. The van der Waals surface area contributed by atoms with Crippen LogP contribution in [0.4, 0.5) is 5.69 Å². The van der Waals surface area contributed by atoms with Gasteiger partial charge in [0, 0.05) is 23.2 Å². The van der Waals surface area contributed by atoms with E-state index in [1.807, 2.05) is 60.8 Å². The molecule has 0 spiro atoms. The van der Waals surface area contributed by atoms with Gasteiger partial charge in [0.15, 0.2) is 5.69 Å². The van der Waals surface area contributed by atoms with Gasteiger partial charge in [0.1, 0.15) is 0 Å². The number of anilines is 1. The van der Waals surface area contributed by atoms with Crippen molar-refractivity contribution >= 4 is 17.4 Å². The third kappa shape index (κ3) is 3.32. The lowest BCUT2D eigenvalue weighted by molar-refractivity contribution is 0.221. The maximum atomic E-state index is 6.21. The summed E-state index contributed by atoms with van der Waals surface area (Å²) in [5, 5.41) is 12.8. The fourth-order valence-electron chi connectivity index (χ4n) is 3.08. The molecule has 0 amide bonds. The van der Waals surface area contributed by atoms with Gasteiger partial charge in [0.25, 0.3) is 0 Å². The minimum Gasteiger partial charge on any atom is -0.446 e. The standard InChI is InChI=1S/C21H17N5OS/c1-2-7-14(8-3-1)13-28-21-24-20-18(25-26-21)15-9-4-5-10-16(15)23-19(27-20)17-11-6-12-22-17/h1-12,19,22-23H,13H2/t19-/m1/s1. The van der Waals surface area contributed by atoms with Gasteiger partial charge in [-0.1, -0.05) is 60.3 Å². The van der Waals surface area contributed by atoms with Crippen LogP contribution in [0.3, 0.4) is 0 Å². The van der Waals surface area contributed by atoms with E-state index in [0.29, 0.717) is 16.7 Å². The second-order valence-electron chi connectivity index (χ2n) is 6.34. The summed E-state index contributed by atoms with van der Waals surface area (Å²) in [6.07, 6.45) is 1.48. The van der Waals surface area contributed by atoms with E-state index in [0.717, 1.165) is 22.7 Å². The first-order chi connectivity index (χ1) is 13.9. The van der Waals surface area contributed by atoms with Crippen LogP contribution >= 0.6 is 11.8 Å². The van der Waals surface area contributed by atoms with Crippen LogP contribution in [0.5, 0.6) is 5.88 Å². The van der Waals surface area contributed by atoms with Gasteiger partial charge >= 0.3 is 0 Å². The van der Waals surface area contributed by atoms with Crippen molar-refractivity contribution in [2.75, 3.05) is 5.32 Å². The van der Waals surface area contributed by atoms with Crippen LogP contribution in [0, 0.1) is 0 Å². The second-order valence-corrected chi connectivity index (χ2v) is 7.28. The molecule has 0 bridgehead atoms. The van der Waals surface area contributed by atoms with Crippen LogP contribution in [0.2, 0.25) is 0 Å². The summed E-state index contributed by atoms with van der Waals surface area (Å²) < 4.78 is 6.21. The summed E-state index contributed by atoms with van der Waals surface area (Å²) in [5.74, 6) is 1.25. The zero-order chi connectivity index (χ0) is 18.8. The van der Waals surface area contributed by atoms with Gasteiger partial charge in [-0.3, -0.25) is 0 Å². The molecule has 1 atom stereocenters. The molecule has 0 saturated carbocycles. The van der Waals surface area contributed by atoms with Gasteiger partial charge in [-0.05, 0) is 23.8 Å². The Bertz CT molecular complexity index is 1090. The van der Waals surface area contributed by atoms with Gasteiger partial charge in [-0.25, -0.2) is 0 Å². The van der Waals surface area contributed by atoms with Crippen molar-refractivity contribution in [2.24, 2.45) is 0 Å². The van der Waals surface area contributed by atoms with Crippen LogP contribution in [0.25, 0.3) is 11.3 Å². The van der Waals surface area contributed by atoms with E-state index in [9.17, 15) is 0 Å². The number of rotatable bonds is 4. The predicted molar refractivity (Wildman–Crippen MR) is 109 cm³/mol. The number of para-hydroxylation sites is 1. The second kappa shape index (κ2) is 7.36. The summed E-state index contributed by atoms with van der Waals surface area (Å²) in [4.78, 5) is 7.86. The predicted octanol–water partition coefficient (Wildman–Crippen LogP) is 4.66. The number of nitrogens with one attached hydrogen (secondary N) is 2. The molecule has 2 aromatic carbocycles. The molecule has 7 heteroatoms. The maximum Gasteiger partial charge on any atom is 0.247 e. The third-order valence-corrected chi connectivity index (χ3v) is 5.36. The van der Waals surface area contributed by atoms with E-state index in [1.54, 1.807) is 11.8 Å². The van der Waals surface area contributed by atoms with Crippen molar-refractivity contribution in [2.45, 2.75) is 17.1 Å². The fraction of sp³-hybridized carbons (Fsp3) is 0.0952. The van der Waals surface area contributed by atoms with Crippen molar-refractivity contribution in [3.8, 4) is 17.1 Å². The summed E-state index contributed by atoms with van der Waals surface area (Å²) in [5.41, 5.74) is 4.62. The Hall–Kier alpha value is -3.32. The molecular formula is C21H17N5OS. The van der Waals surface area contributed by atoms with Crippen LogP contribution < -0.4 is 10.1 Å². The van der Waals surface area contributed by atoms with E-state index in [-0.39, 0.29) is 6.23 Å². The number of thioether (sulfide) groups is 1. The summed E-state index contributed by atoms with van der Waals surface area (Å²) >= 11 is 1.54. The SMILES string of the molecule is c1ccc(CSc2nnc3c(n2)O[C@H](c2ccc[nH]2)Nc2ccccc2-3)cc1. The van der Waals surface area contributed by atoms with Crippen molar-refractivity contribution in [1.82, 2.24) is 20.2 Å². The van der Waals surface area contributed by atoms with Gasteiger partial charge in [0.05, 0.1) is 5.69 Å². The molecule has 0 aliphatic carbocycles. The Morgan fingerprint density at radius 3 is 2.64 bits per heavy atom. The van der Waals surface area contributed by atoms with Crippen molar-refractivity contribution in [3.63, 3.8) is 0 Å². The zero-order valence-corrected chi connectivity index (χ0v) is 15.7. The first kappa shape index (κ1) is 16.8. The van der Waals surface area contributed by atoms with Crippen molar-refractivity contribution < 1.29 is 4.74 Å². The third-order valence-electron chi connectivity index (χ3n) is 4.45. The highest BCUT2D eigenvalue weighted by atomic mass is 32.2. The molecule has 0 saturated heterocycles. The minimum atomic E-state index is -0.388. The Labute approximate surface area is 166 Å². The fourth-order valence-corrected chi connectivity index (χ4v) is 3.81. The highest BCUT2D eigenvalue weighted by molar-refractivity contribution is 7.98. The van der Waals surface area contributed by atoms with Crippen molar-refractivity contribution in [1.29, 1.82) is 0 Å². The largest absolute Gasteiger partial charge is 0.446 e. The molecule has 0 fully saturated rings. The summed E-state index contributed by atoms with van der Waals surface area (Å²) in [6.45, 7) is 0. The Balaban J connectivity index is 1.49. The van der Waals surface area contributed by atoms with Gasteiger partial charge < -0.3 is 15.0 Å². The molecule has 28 heavy (non-hydrogen) atoms. The van der Waals surface area contributed by atoms with Crippen LogP contribution in [-0.4, -0.2) is 20.2 Å². The number of hydrogen-bond acceptors (Lipinski definition) is 6. The highest BCUT2D eigenvalue weighted by Crippen LogP contribution is 2.39. The molecule has 3 heterocycles. The van der Waals surface area contributed by atoms with Gasteiger partial charge in [-0.2, -0.15) is 4.98 Å². The number of aromatic nitrogens is 4. The Kier molecular flexibility index (Phi) is 4.42. The molecule has 1 aliphatic rings. The van der Waals surface area contributed by atoms with Crippen LogP contribution in [0.15, 0.2) is 78.1 Å². The molecular weight excluding hydrogens is 370 g/mol. The average molecular weight is 387 g/mol. The lowest BCUT2D eigenvalue weighted by Gasteiger charge is -2.17. The quantitative estimate of drug-likeness (QED) is 0.496. The molecule has 6 nitrogen and oxygen atoms in total. The van der Waals surface area contributed by atoms with E-state index in [1.165, 1.54) is 5.56 Å². The first-order valence-electron chi connectivity index (χ1n) is 8.94. The number of aromatic amines is 1. The molecule has 0 unspecified atom stereocenters. The monoisotopic (exact) mass is 387 g/mol. The number of ether oxygens (including phenoxy) is 1. The number of hydrogen-bond donors (Lipinski definition) is 2. The van der Waals surface area contributed by atoms with E-state index in [4.69, 9.17) is 4.74 Å². The molecule has 2 N–H and O–H groups in total. The molecule has 138 valence electrons. The molecule has 5 rings (SSSR count). The first-order valence-corrected chi connectivity index (χ1v) is 9.93. The molecule has 1 aliphatic heterocycles. The van der Waals surface area contributed by atoms with E-state index < -0.39 is 0 Å². The lowest BCUT2D eigenvalue weighted by Crippen LogP contribution is -2.17. The van der Waals surface area contributed by atoms with Crippen LogP contribution in [-0.2, 0) is 5.75 Å². The van der Waals surface area contributed by atoms with Gasteiger partial charge in [-0.15, -0.1) is 10.2 Å². The summed E-state index contributed by atoms with van der Waals surface area (Å²) in [6, 6.07) is 22.1. The maximum absolute atomic E-state index is 6.21. The molecule has 0 radical (unpaired) electrons. The highest BCUT2D eigenvalue weighted by Gasteiger charge is 2.26. The average Bonchev–Trinajstić information content (AvgIpc) is 3.23. The number of benzene rings is 2. The zero-order valence-electron chi connectivity index (χ0n) is 14.9. The lowest BCUT2D eigenvalue weighted by atomic mass is 10.1. The normalized spacial score (nSPS) is 14.9. The molecule has 4 aromatic rings. The number of fused-ring (bicyclic) bond motifs is 3. The van der Waals surface area contributed by atoms with Crippen molar-refractivity contribution in [3.05, 3.63) is 84.2 Å². The van der Waals surface area contributed by atoms with E-state index >= 15 is 0 Å². The smallest absolute Gasteiger partial charge is 0.247 e. The van der Waals surface area contributed by atoms with Gasteiger partial charge in [0.2, 0.25) is 17.3 Å². The van der Waals surface area contributed by atoms with E-state index in [2.05, 4.69) is 37.6 Å².